The van der Waals surface area contributed by atoms with Crippen LogP contribution in [-0.4, -0.2) is 123 Å². The topological polar surface area (TPSA) is 94.7 Å². The molecule has 10 nitrogen and oxygen atoms in total. The molecule has 3 heterocycles. The number of carbonyl (C=O) groups excluding carboxylic acids is 3. The summed E-state index contributed by atoms with van der Waals surface area (Å²) in [7, 11) is 1.78. The lowest BCUT2D eigenvalue weighted by atomic mass is 9.72. The summed E-state index contributed by atoms with van der Waals surface area (Å²) in [5, 5.41) is 3.07. The predicted octanol–water partition coefficient (Wildman–Crippen LogP) is 6.61. The van der Waals surface area contributed by atoms with Crippen LogP contribution < -0.4 is 5.32 Å². The lowest BCUT2D eigenvalue weighted by Crippen LogP contribution is -2.50. The van der Waals surface area contributed by atoms with Gasteiger partial charge in [0.2, 0.25) is 11.8 Å². The fraction of sp³-hybridized carbons (Fsp3) is 0.533. The number of benzene rings is 3. The normalized spacial score (nSPS) is 21.7. The maximum atomic E-state index is 14.1. The van der Waals surface area contributed by atoms with Crippen molar-refractivity contribution in [2.45, 2.75) is 74.4 Å². The van der Waals surface area contributed by atoms with Gasteiger partial charge in [-0.05, 0) is 105 Å². The van der Waals surface area contributed by atoms with Crippen LogP contribution in [0.25, 0.3) is 0 Å². The Morgan fingerprint density at radius 1 is 0.903 bits per heavy atom. The van der Waals surface area contributed by atoms with E-state index in [0.29, 0.717) is 63.4 Å². The SMILES string of the molecule is CN(CCCCCN1CCNCC1=O)C(=O)CO[C@H]1Cc2ccccc2C12CCN(CC[C@@]1(c3ccc(F)cc3)CN(C(=O)c3cc(C(F)(F)F)cc(C(F)(F)F)c3)CO1)CC2. The summed E-state index contributed by atoms with van der Waals surface area (Å²) in [6, 6.07) is 14.5. The Balaban J connectivity index is 0.976. The summed E-state index contributed by atoms with van der Waals surface area (Å²) in [5.41, 5.74) is -2.63. The van der Waals surface area contributed by atoms with E-state index in [1.54, 1.807) is 11.9 Å². The van der Waals surface area contributed by atoms with E-state index in [-0.39, 0.29) is 49.0 Å². The molecule has 3 aliphatic heterocycles. The molecule has 0 aromatic heterocycles. The van der Waals surface area contributed by atoms with Gasteiger partial charge in [0, 0.05) is 50.7 Å². The van der Waals surface area contributed by atoms with Crippen LogP contribution in [0.2, 0.25) is 0 Å². The Hall–Kier alpha value is -4.58. The van der Waals surface area contributed by atoms with Crippen LogP contribution in [-0.2, 0) is 48.9 Å². The summed E-state index contributed by atoms with van der Waals surface area (Å²) in [5.74, 6) is -1.55. The molecule has 3 saturated heterocycles. The van der Waals surface area contributed by atoms with Gasteiger partial charge in [-0.1, -0.05) is 36.4 Å². The molecule has 0 radical (unpaired) electrons. The van der Waals surface area contributed by atoms with Crippen LogP contribution in [0.15, 0.2) is 66.7 Å². The quantitative estimate of drug-likeness (QED) is 0.144. The second-order valence-electron chi connectivity index (χ2n) is 16.9. The molecule has 0 saturated carbocycles. The first-order valence-corrected chi connectivity index (χ1v) is 21.1. The second kappa shape index (κ2) is 18.6. The molecule has 336 valence electrons. The number of unbranched alkanes of at least 4 members (excludes halogenated alkanes) is 2. The van der Waals surface area contributed by atoms with E-state index in [9.17, 15) is 45.1 Å². The molecule has 7 rings (SSSR count). The van der Waals surface area contributed by atoms with E-state index < -0.39 is 53.1 Å². The van der Waals surface area contributed by atoms with E-state index in [4.69, 9.17) is 9.47 Å². The van der Waals surface area contributed by atoms with Gasteiger partial charge in [0.05, 0.1) is 30.3 Å². The van der Waals surface area contributed by atoms with Crippen molar-refractivity contribution in [2.75, 3.05) is 79.3 Å². The van der Waals surface area contributed by atoms with Crippen molar-refractivity contribution in [2.24, 2.45) is 0 Å². The molecule has 3 fully saturated rings. The van der Waals surface area contributed by atoms with Gasteiger partial charge in [0.15, 0.2) is 0 Å². The lowest BCUT2D eigenvalue weighted by molar-refractivity contribution is -0.143. The fourth-order valence-electron chi connectivity index (χ4n) is 9.41. The maximum Gasteiger partial charge on any atom is 0.416 e. The molecule has 3 aromatic carbocycles. The third-order valence-corrected chi connectivity index (χ3v) is 13.0. The van der Waals surface area contributed by atoms with Gasteiger partial charge in [-0.15, -0.1) is 0 Å². The van der Waals surface area contributed by atoms with Gasteiger partial charge >= 0.3 is 12.4 Å². The number of ether oxygens (including phenoxy) is 2. The van der Waals surface area contributed by atoms with Crippen LogP contribution in [0.4, 0.5) is 30.7 Å². The zero-order valence-electron chi connectivity index (χ0n) is 34.6. The summed E-state index contributed by atoms with van der Waals surface area (Å²) in [4.78, 5) is 45.8. The molecule has 3 aromatic rings. The minimum Gasteiger partial charge on any atom is -0.367 e. The Morgan fingerprint density at radius 3 is 2.27 bits per heavy atom. The number of piperidine rings is 1. The van der Waals surface area contributed by atoms with E-state index >= 15 is 0 Å². The molecule has 17 heteroatoms. The molecule has 1 spiro atoms. The predicted molar refractivity (Wildman–Crippen MR) is 214 cm³/mol. The zero-order chi connectivity index (χ0) is 44.3. The van der Waals surface area contributed by atoms with Gasteiger partial charge in [-0.2, -0.15) is 26.3 Å². The van der Waals surface area contributed by atoms with Crippen LogP contribution in [0.1, 0.15) is 76.7 Å². The van der Waals surface area contributed by atoms with Crippen molar-refractivity contribution >= 4 is 17.7 Å². The number of alkyl halides is 6. The summed E-state index contributed by atoms with van der Waals surface area (Å²) in [6.07, 6.45) is -5.49. The maximum absolute atomic E-state index is 14.1. The minimum absolute atomic E-state index is 0.0228. The monoisotopic (exact) mass is 875 g/mol. The molecular formula is C45H52F7N5O5. The molecule has 62 heavy (non-hydrogen) atoms. The lowest BCUT2D eigenvalue weighted by Gasteiger charge is -2.44. The van der Waals surface area contributed by atoms with Crippen molar-refractivity contribution in [3.8, 4) is 0 Å². The highest BCUT2D eigenvalue weighted by atomic mass is 19.4. The first kappa shape index (κ1) is 45.4. The number of fused-ring (bicyclic) bond motifs is 2. The molecular weight excluding hydrogens is 824 g/mol. The number of carbonyl (C=O) groups is 3. The Bertz CT molecular complexity index is 2040. The largest absolute Gasteiger partial charge is 0.416 e. The number of likely N-dealkylation sites (tertiary alicyclic amines) is 1. The first-order valence-electron chi connectivity index (χ1n) is 21.1. The molecule has 0 unspecified atom stereocenters. The third-order valence-electron chi connectivity index (χ3n) is 13.0. The van der Waals surface area contributed by atoms with Gasteiger partial charge in [-0.3, -0.25) is 14.4 Å². The summed E-state index contributed by atoms with van der Waals surface area (Å²) in [6.45, 7) is 4.31. The fourth-order valence-corrected chi connectivity index (χ4v) is 9.41. The standard InChI is InChI=1S/C45H52F7N5O5/c1-54(17-5-2-6-18-56-22-16-53-27-39(56)58)40(59)28-61-38-25-31-7-3-4-8-37(31)42(38)13-19-55(20-14-42)21-15-43(33-9-11-36(46)12-10-33)29-57(30-62-43)41(60)32-23-34(44(47,48)49)26-35(24-32)45(50,51)52/h3-4,7-12,23-24,26,38,53H,2,5-6,13-22,25,27-30H2,1H3/t38-,43-/m0/s1. The number of nitrogens with one attached hydrogen (secondary N) is 1. The van der Waals surface area contributed by atoms with E-state index in [1.165, 1.54) is 35.4 Å². The third kappa shape index (κ3) is 10.1. The van der Waals surface area contributed by atoms with Crippen molar-refractivity contribution < 1.29 is 54.6 Å². The summed E-state index contributed by atoms with van der Waals surface area (Å²) < 4.78 is 109. The second-order valence-corrected chi connectivity index (χ2v) is 16.9. The average Bonchev–Trinajstić information content (AvgIpc) is 3.82. The Labute approximate surface area is 356 Å². The Kier molecular flexibility index (Phi) is 13.7. The molecule has 3 amide bonds. The molecule has 0 bridgehead atoms. The van der Waals surface area contributed by atoms with Gasteiger partial charge in [0.25, 0.3) is 5.91 Å². The minimum atomic E-state index is -5.13. The zero-order valence-corrected chi connectivity index (χ0v) is 34.6. The van der Waals surface area contributed by atoms with Crippen LogP contribution >= 0.6 is 0 Å². The highest BCUT2D eigenvalue weighted by Gasteiger charge is 2.50. The number of nitrogens with zero attached hydrogens (tertiary/aromatic N) is 4. The smallest absolute Gasteiger partial charge is 0.367 e. The van der Waals surface area contributed by atoms with Crippen molar-refractivity contribution in [3.63, 3.8) is 0 Å². The first-order chi connectivity index (χ1) is 29.5. The highest BCUT2D eigenvalue weighted by molar-refractivity contribution is 5.95. The van der Waals surface area contributed by atoms with Crippen LogP contribution in [0, 0.1) is 5.82 Å². The average molecular weight is 876 g/mol. The Morgan fingerprint density at radius 2 is 1.60 bits per heavy atom. The van der Waals surface area contributed by atoms with E-state index in [1.807, 2.05) is 17.0 Å². The van der Waals surface area contributed by atoms with Crippen molar-refractivity contribution in [1.29, 1.82) is 0 Å². The molecule has 2 atom stereocenters. The number of hydrogen-bond donors (Lipinski definition) is 1. The van der Waals surface area contributed by atoms with Gasteiger partial charge < -0.3 is 34.4 Å². The number of halogens is 7. The number of hydrogen-bond acceptors (Lipinski definition) is 7. The van der Waals surface area contributed by atoms with E-state index in [2.05, 4.69) is 22.3 Å². The number of amides is 3. The highest BCUT2D eigenvalue weighted by Crippen LogP contribution is 2.48. The van der Waals surface area contributed by atoms with Gasteiger partial charge in [-0.25, -0.2) is 4.39 Å². The molecule has 1 aliphatic carbocycles. The van der Waals surface area contributed by atoms with Crippen molar-refractivity contribution in [3.05, 3.63) is 106 Å². The van der Waals surface area contributed by atoms with E-state index in [0.717, 1.165) is 50.1 Å². The van der Waals surface area contributed by atoms with Crippen molar-refractivity contribution in [1.82, 2.24) is 24.9 Å². The molecule has 4 aliphatic rings. The van der Waals surface area contributed by atoms with Crippen LogP contribution in [0.5, 0.6) is 0 Å². The summed E-state index contributed by atoms with van der Waals surface area (Å²) >= 11 is 0. The number of rotatable bonds is 14. The van der Waals surface area contributed by atoms with Gasteiger partial charge in [0.1, 0.15) is 24.8 Å². The number of piperazine rings is 1. The number of likely N-dealkylation sites (N-methyl/N-ethyl adjacent to an activating group) is 1. The molecule has 1 N–H and O–H groups in total. The van der Waals surface area contributed by atoms with Crippen LogP contribution in [0.3, 0.4) is 0 Å².